The molecule has 3 nitrogen and oxygen atoms in total. The summed E-state index contributed by atoms with van der Waals surface area (Å²) in [6.07, 6.45) is 1.77. The van der Waals surface area contributed by atoms with Crippen LogP contribution in [0.1, 0.15) is 19.8 Å². The van der Waals surface area contributed by atoms with E-state index in [1.54, 1.807) is 17.5 Å². The Morgan fingerprint density at radius 2 is 2.33 bits per heavy atom. The zero-order chi connectivity index (χ0) is 11.3. The van der Waals surface area contributed by atoms with Crippen molar-refractivity contribution >= 4 is 33.0 Å². The van der Waals surface area contributed by atoms with E-state index in [9.17, 15) is 8.42 Å². The minimum Gasteiger partial charge on any atom is -0.209 e. The minimum absolute atomic E-state index is 0.135. The molecule has 0 aliphatic carbocycles. The highest BCUT2D eigenvalue weighted by atomic mass is 35.5. The topological polar surface area (TPSA) is 46.2 Å². The highest BCUT2D eigenvalue weighted by molar-refractivity contribution is 7.91. The van der Waals surface area contributed by atoms with Gasteiger partial charge in [0.25, 0.3) is 0 Å². The maximum absolute atomic E-state index is 11.6. The lowest BCUT2D eigenvalue weighted by Crippen LogP contribution is -2.29. The van der Waals surface area contributed by atoms with Gasteiger partial charge in [-0.25, -0.2) is 13.1 Å². The van der Waals surface area contributed by atoms with E-state index < -0.39 is 10.0 Å². The highest BCUT2D eigenvalue weighted by Gasteiger charge is 2.16. The second-order valence-corrected chi connectivity index (χ2v) is 6.73. The van der Waals surface area contributed by atoms with Crippen molar-refractivity contribution in [1.29, 1.82) is 0 Å². The van der Waals surface area contributed by atoms with E-state index in [2.05, 4.69) is 4.72 Å². The number of sulfonamides is 1. The first-order valence-electron chi connectivity index (χ1n) is 4.73. The molecule has 1 unspecified atom stereocenters. The summed E-state index contributed by atoms with van der Waals surface area (Å²) in [7, 11) is -3.35. The third-order valence-corrected chi connectivity index (χ3v) is 5.05. The highest BCUT2D eigenvalue weighted by Crippen LogP contribution is 2.15. The van der Waals surface area contributed by atoms with Gasteiger partial charge in [-0.3, -0.25) is 0 Å². The second-order valence-electron chi connectivity index (χ2n) is 3.17. The standard InChI is InChI=1S/C9H14ClNO2S2/c1-2-4-8(10)7-11-15(12,13)9-5-3-6-14-9/h3,5-6,8,11H,2,4,7H2,1H3. The molecule has 0 saturated heterocycles. The molecule has 1 aromatic rings. The molecular formula is C9H14ClNO2S2. The molecule has 0 radical (unpaired) electrons. The van der Waals surface area contributed by atoms with Crippen LogP contribution >= 0.6 is 22.9 Å². The Morgan fingerprint density at radius 3 is 2.87 bits per heavy atom. The number of thiophene rings is 1. The average Bonchev–Trinajstić information content (AvgIpc) is 2.69. The lowest BCUT2D eigenvalue weighted by molar-refractivity contribution is 0.579. The van der Waals surface area contributed by atoms with Gasteiger partial charge in [-0.15, -0.1) is 22.9 Å². The van der Waals surface area contributed by atoms with Gasteiger partial charge in [0.2, 0.25) is 10.0 Å². The average molecular weight is 268 g/mol. The van der Waals surface area contributed by atoms with Crippen LogP contribution in [0.4, 0.5) is 0 Å². The zero-order valence-electron chi connectivity index (χ0n) is 8.44. The van der Waals surface area contributed by atoms with Crippen LogP contribution in [0.25, 0.3) is 0 Å². The third-order valence-electron chi connectivity index (χ3n) is 1.86. The van der Waals surface area contributed by atoms with E-state index >= 15 is 0 Å². The maximum atomic E-state index is 11.6. The first-order chi connectivity index (χ1) is 7.06. The van der Waals surface area contributed by atoms with E-state index in [0.29, 0.717) is 4.21 Å². The fourth-order valence-corrected chi connectivity index (χ4v) is 3.61. The fraction of sp³-hybridized carbons (Fsp3) is 0.556. The molecular weight excluding hydrogens is 254 g/mol. The summed E-state index contributed by atoms with van der Waals surface area (Å²) >= 11 is 7.13. The predicted octanol–water partition coefficient (Wildman–Crippen LogP) is 2.43. The van der Waals surface area contributed by atoms with E-state index in [0.717, 1.165) is 12.8 Å². The molecule has 0 aromatic carbocycles. The lowest BCUT2D eigenvalue weighted by atomic mass is 10.2. The third kappa shape index (κ3) is 4.10. The van der Waals surface area contributed by atoms with Crippen molar-refractivity contribution in [3.8, 4) is 0 Å². The number of rotatable bonds is 6. The van der Waals surface area contributed by atoms with E-state index in [1.165, 1.54) is 11.3 Å². The largest absolute Gasteiger partial charge is 0.250 e. The number of hydrogen-bond acceptors (Lipinski definition) is 3. The summed E-state index contributed by atoms with van der Waals surface area (Å²) in [6.45, 7) is 2.30. The van der Waals surface area contributed by atoms with Gasteiger partial charge in [-0.2, -0.15) is 0 Å². The van der Waals surface area contributed by atoms with Gasteiger partial charge in [0.05, 0.1) is 0 Å². The van der Waals surface area contributed by atoms with Crippen LogP contribution in [0, 0.1) is 0 Å². The Balaban J connectivity index is 2.52. The zero-order valence-corrected chi connectivity index (χ0v) is 10.8. The van der Waals surface area contributed by atoms with Crippen LogP contribution in [0.15, 0.2) is 21.7 Å². The molecule has 1 N–H and O–H groups in total. The molecule has 1 rings (SSSR count). The van der Waals surface area contributed by atoms with Crippen molar-refractivity contribution in [2.24, 2.45) is 0 Å². The van der Waals surface area contributed by atoms with Gasteiger partial charge < -0.3 is 0 Å². The Hall–Kier alpha value is -0.100. The van der Waals surface area contributed by atoms with Gasteiger partial charge in [-0.1, -0.05) is 19.4 Å². The smallest absolute Gasteiger partial charge is 0.209 e. The SMILES string of the molecule is CCCC(Cl)CNS(=O)(=O)c1cccs1. The monoisotopic (exact) mass is 267 g/mol. The minimum atomic E-state index is -3.35. The van der Waals surface area contributed by atoms with E-state index in [-0.39, 0.29) is 11.9 Å². The molecule has 0 bridgehead atoms. The quantitative estimate of drug-likeness (QED) is 0.805. The Labute approximate surface area is 99.5 Å². The number of halogens is 1. The lowest BCUT2D eigenvalue weighted by Gasteiger charge is -2.08. The maximum Gasteiger partial charge on any atom is 0.250 e. The summed E-state index contributed by atoms with van der Waals surface area (Å²) in [4.78, 5) is 0. The molecule has 1 atom stereocenters. The van der Waals surface area contributed by atoms with Gasteiger partial charge in [0, 0.05) is 11.9 Å². The van der Waals surface area contributed by atoms with E-state index in [1.807, 2.05) is 6.92 Å². The Morgan fingerprint density at radius 1 is 1.60 bits per heavy atom. The number of alkyl halides is 1. The molecule has 0 aliphatic rings. The number of hydrogen-bond donors (Lipinski definition) is 1. The molecule has 6 heteroatoms. The molecule has 0 spiro atoms. The first-order valence-corrected chi connectivity index (χ1v) is 7.53. The van der Waals surface area contributed by atoms with Crippen LogP contribution in [-0.2, 0) is 10.0 Å². The van der Waals surface area contributed by atoms with Crippen molar-refractivity contribution in [3.05, 3.63) is 17.5 Å². The van der Waals surface area contributed by atoms with Crippen LogP contribution in [0.5, 0.6) is 0 Å². The molecule has 15 heavy (non-hydrogen) atoms. The van der Waals surface area contributed by atoms with Crippen molar-refractivity contribution in [3.63, 3.8) is 0 Å². The summed E-state index contributed by atoms with van der Waals surface area (Å²) in [5.41, 5.74) is 0. The molecule has 0 saturated carbocycles. The summed E-state index contributed by atoms with van der Waals surface area (Å²) in [5, 5.41) is 1.60. The molecule has 1 aromatic heterocycles. The van der Waals surface area contributed by atoms with Gasteiger partial charge >= 0.3 is 0 Å². The van der Waals surface area contributed by atoms with Crippen LogP contribution in [0.2, 0.25) is 0 Å². The Kier molecular flexibility index (Phi) is 5.05. The van der Waals surface area contributed by atoms with Gasteiger partial charge in [0.15, 0.2) is 0 Å². The second kappa shape index (κ2) is 5.84. The number of nitrogens with one attached hydrogen (secondary N) is 1. The van der Waals surface area contributed by atoms with Crippen molar-refractivity contribution in [2.75, 3.05) is 6.54 Å². The summed E-state index contributed by atoms with van der Waals surface area (Å²) in [5.74, 6) is 0. The molecule has 0 amide bonds. The van der Waals surface area contributed by atoms with Crippen LogP contribution in [0.3, 0.4) is 0 Å². The van der Waals surface area contributed by atoms with Crippen LogP contribution < -0.4 is 4.72 Å². The van der Waals surface area contributed by atoms with Gasteiger partial charge in [0.1, 0.15) is 4.21 Å². The van der Waals surface area contributed by atoms with Crippen molar-refractivity contribution in [2.45, 2.75) is 29.4 Å². The summed E-state index contributed by atoms with van der Waals surface area (Å²) < 4.78 is 26.1. The van der Waals surface area contributed by atoms with Gasteiger partial charge in [-0.05, 0) is 17.9 Å². The molecule has 1 heterocycles. The normalized spacial score (nSPS) is 14.0. The fourth-order valence-electron chi connectivity index (χ4n) is 1.10. The molecule has 86 valence electrons. The Bertz CT molecular complexity index is 375. The molecule has 0 aliphatic heterocycles. The first kappa shape index (κ1) is 13.0. The predicted molar refractivity (Wildman–Crippen MR) is 64.1 cm³/mol. The van der Waals surface area contributed by atoms with E-state index in [4.69, 9.17) is 11.6 Å². The summed E-state index contributed by atoms with van der Waals surface area (Å²) in [6, 6.07) is 3.29. The van der Waals surface area contributed by atoms with Crippen molar-refractivity contribution in [1.82, 2.24) is 4.72 Å². The molecule has 0 fully saturated rings. The van der Waals surface area contributed by atoms with Crippen molar-refractivity contribution < 1.29 is 8.42 Å². The van der Waals surface area contributed by atoms with Crippen LogP contribution in [-0.4, -0.2) is 20.3 Å².